The van der Waals surface area contributed by atoms with E-state index in [-0.39, 0.29) is 42.3 Å². The molecule has 0 aromatic carbocycles. The fraction of sp³-hybridized carbons (Fsp3) is 0.448. The van der Waals surface area contributed by atoms with Gasteiger partial charge in [0, 0.05) is 140 Å². The zero-order chi connectivity index (χ0) is 80.5. The topological polar surface area (TPSA) is 367 Å². The van der Waals surface area contributed by atoms with Gasteiger partial charge in [-0.25, -0.2) is 45.7 Å². The number of esters is 4. The van der Waals surface area contributed by atoms with E-state index < -0.39 is 17.9 Å². The standard InChI is InChI=1S/3C22H25N5O2.C21H23N5O2/c2*1-14(2)29-22(28)18-12-25-21-17(8-10-24-21)20(18)16-11-26-27(13-16)19(7-9-23)15-5-3-4-6-15;1-3-10-29-22(28)18-12-25-21-17(8-9-24-21)20(18)16-11-26-27(14-16)19(13-23-2)15-6-4-5-7-15;1-2-28-21(27)17-12-24-20-16(8-10-23-20)19(17)15-11-25-26(13-15)18(7-9-22)14-5-3-4-6-14/h2*8,10-15,19H,3-7H2,1-2H3,(H,24,25);8-9,11-12,14-15,19H,3-7,10,13H2,1H3,(H,24,25);8,10-14,18H,2-7H2,1H3,(H,23,24)/t3*19-;18-/m1010/s1. The summed E-state index contributed by atoms with van der Waals surface area (Å²) < 4.78 is 29.1. The van der Waals surface area contributed by atoms with Crippen molar-refractivity contribution in [2.45, 2.75) is 206 Å². The zero-order valence-corrected chi connectivity index (χ0v) is 66.0. The molecule has 12 aromatic rings. The molecule has 0 spiro atoms. The predicted octanol–water partition coefficient (Wildman–Crippen LogP) is 18.2. The Kier molecular flexibility index (Phi) is 26.5. The van der Waals surface area contributed by atoms with Gasteiger partial charge in [0.05, 0.1) is 128 Å². The Morgan fingerprint density at radius 1 is 0.435 bits per heavy atom. The zero-order valence-electron chi connectivity index (χ0n) is 66.0. The van der Waals surface area contributed by atoms with Gasteiger partial charge in [-0.1, -0.05) is 58.3 Å². The summed E-state index contributed by atoms with van der Waals surface area (Å²) in [6, 6.07) is 14.8. The minimum absolute atomic E-state index is 0.0610. The van der Waals surface area contributed by atoms with Crippen LogP contribution in [0.4, 0.5) is 0 Å². The lowest BCUT2D eigenvalue weighted by Gasteiger charge is -2.21. The Morgan fingerprint density at radius 3 is 0.983 bits per heavy atom. The molecule has 4 fully saturated rings. The highest BCUT2D eigenvalue weighted by Crippen LogP contribution is 2.43. The van der Waals surface area contributed by atoms with Gasteiger partial charge < -0.3 is 43.7 Å². The third-order valence-corrected chi connectivity index (χ3v) is 22.5. The van der Waals surface area contributed by atoms with E-state index in [1.807, 2.05) is 109 Å². The number of aromatic nitrogens is 16. The van der Waals surface area contributed by atoms with Gasteiger partial charge in [0.25, 0.3) is 0 Å². The molecule has 12 aromatic heterocycles. The average molecular weight is 1550 g/mol. The van der Waals surface area contributed by atoms with Gasteiger partial charge in [0.15, 0.2) is 0 Å². The molecule has 16 rings (SSSR count). The maximum absolute atomic E-state index is 12.7. The summed E-state index contributed by atoms with van der Waals surface area (Å²) in [6.07, 6.45) is 48.7. The SMILES string of the molecule is CC(C)OC(=O)c1cnc2[nH]ccc2c1-c1cnn([C@@H](CC#N)C2CCCC2)c1.CC(C)OC(=O)c1cnc2[nH]ccc2c1-c1cnn([C@H](CC#N)C2CCCC2)c1.CCOC(=O)c1cnc2[nH]ccc2c1-c1cnn([C@@H](CC#N)C2CCCC2)c1.[C-]#[N+]C[C@H](C1CCCC1)n1cc(-c2c(C(=O)OCCC)cnc3[nH]ccc23)cn1. The van der Waals surface area contributed by atoms with E-state index in [0.29, 0.717) is 108 Å². The Hall–Kier alpha value is -12.6. The average Bonchev–Trinajstić information content (AvgIpc) is 1.67. The molecule has 4 N–H and O–H groups in total. The van der Waals surface area contributed by atoms with Crippen LogP contribution in [0.3, 0.4) is 0 Å². The molecule has 4 atom stereocenters. The molecule has 4 aliphatic carbocycles. The maximum Gasteiger partial charge on any atom is 0.340 e. The molecule has 0 aliphatic heterocycles. The molecule has 0 saturated heterocycles. The molecule has 4 saturated carbocycles. The Labute approximate surface area is 667 Å². The number of rotatable bonds is 25. The molecule has 0 radical (unpaired) electrons. The number of ether oxygens (including phenoxy) is 4. The van der Waals surface area contributed by atoms with E-state index in [4.69, 9.17) is 25.5 Å². The van der Waals surface area contributed by atoms with E-state index in [1.165, 1.54) is 51.4 Å². The first-order chi connectivity index (χ1) is 56.1. The molecule has 28 nitrogen and oxygen atoms in total. The summed E-state index contributed by atoms with van der Waals surface area (Å²) in [5, 5.41) is 49.7. The largest absolute Gasteiger partial charge is 0.462 e. The molecule has 28 heteroatoms. The molecule has 115 heavy (non-hydrogen) atoms. The van der Waals surface area contributed by atoms with Gasteiger partial charge in [0.1, 0.15) is 28.6 Å². The number of fused-ring (bicyclic) bond motifs is 4. The van der Waals surface area contributed by atoms with Crippen LogP contribution in [0, 0.1) is 64.2 Å². The predicted molar refractivity (Wildman–Crippen MR) is 433 cm³/mol. The third kappa shape index (κ3) is 18.3. The number of hydrogen-bond donors (Lipinski definition) is 4. The Morgan fingerprint density at radius 2 is 0.713 bits per heavy atom. The number of nitrogens with one attached hydrogen (secondary N) is 4. The van der Waals surface area contributed by atoms with Crippen LogP contribution in [-0.2, 0) is 18.9 Å². The number of carbonyl (C=O) groups excluding carboxylic acids is 4. The number of hydrogen-bond acceptors (Lipinski definition) is 19. The van der Waals surface area contributed by atoms with Crippen LogP contribution in [0.25, 0.3) is 93.5 Å². The van der Waals surface area contributed by atoms with E-state index in [9.17, 15) is 35.0 Å². The van der Waals surface area contributed by atoms with Gasteiger partial charge in [-0.3, -0.25) is 18.7 Å². The van der Waals surface area contributed by atoms with Crippen LogP contribution < -0.4 is 0 Å². The van der Waals surface area contributed by atoms with Crippen molar-refractivity contribution >= 4 is 68.0 Å². The summed E-state index contributed by atoms with van der Waals surface area (Å²) in [6.45, 7) is 19.5. The monoisotopic (exact) mass is 1550 g/mol. The van der Waals surface area contributed by atoms with Crippen LogP contribution in [0.2, 0.25) is 0 Å². The second-order valence-corrected chi connectivity index (χ2v) is 30.6. The van der Waals surface area contributed by atoms with Crippen molar-refractivity contribution in [3.05, 3.63) is 157 Å². The lowest BCUT2D eigenvalue weighted by molar-refractivity contribution is 0.0367. The summed E-state index contributed by atoms with van der Waals surface area (Å²) >= 11 is 0. The number of nitrogens with zero attached hydrogens (tertiary/aromatic N) is 16. The van der Waals surface area contributed by atoms with Crippen LogP contribution in [0.1, 0.15) is 236 Å². The fourth-order valence-electron chi connectivity index (χ4n) is 17.1. The first-order valence-electron chi connectivity index (χ1n) is 40.3. The van der Waals surface area contributed by atoms with Crippen molar-refractivity contribution in [3.8, 4) is 62.7 Å². The molecule has 0 bridgehead atoms. The second kappa shape index (κ2) is 37.8. The molecular formula is C87H98N20O8. The molecule has 0 unspecified atom stereocenters. The Bertz CT molecular complexity index is 5350. The minimum Gasteiger partial charge on any atom is -0.462 e. The van der Waals surface area contributed by atoms with Gasteiger partial charge in [-0.15, -0.1) is 0 Å². The lowest BCUT2D eigenvalue weighted by atomic mass is 9.96. The Balaban J connectivity index is 0.000000134. The van der Waals surface area contributed by atoms with Crippen molar-refractivity contribution in [2.75, 3.05) is 19.8 Å². The number of pyridine rings is 4. The molecule has 594 valence electrons. The second-order valence-electron chi connectivity index (χ2n) is 30.6. The lowest BCUT2D eigenvalue weighted by Crippen LogP contribution is -2.20. The van der Waals surface area contributed by atoms with Gasteiger partial charge in [-0.2, -0.15) is 36.2 Å². The van der Waals surface area contributed by atoms with E-state index in [1.54, 1.807) is 75.1 Å². The molecular weight excluding hydrogens is 1450 g/mol. The van der Waals surface area contributed by atoms with Gasteiger partial charge in [0.2, 0.25) is 6.54 Å². The normalized spacial score (nSPS) is 15.6. The van der Waals surface area contributed by atoms with E-state index >= 15 is 0 Å². The van der Waals surface area contributed by atoms with E-state index in [0.717, 1.165) is 124 Å². The molecule has 4 aliphatic rings. The van der Waals surface area contributed by atoms with Crippen LogP contribution in [0.5, 0.6) is 0 Å². The summed E-state index contributed by atoms with van der Waals surface area (Å²) in [7, 11) is 0. The quantitative estimate of drug-likeness (QED) is 0.0234. The highest BCUT2D eigenvalue weighted by molar-refractivity contribution is 6.09. The van der Waals surface area contributed by atoms with Crippen molar-refractivity contribution < 1.29 is 38.1 Å². The highest BCUT2D eigenvalue weighted by Gasteiger charge is 2.34. The number of nitriles is 3. The number of carbonyl (C=O) groups is 4. The smallest absolute Gasteiger partial charge is 0.340 e. The van der Waals surface area contributed by atoms with Crippen molar-refractivity contribution in [3.63, 3.8) is 0 Å². The summed E-state index contributed by atoms with van der Waals surface area (Å²) in [5.74, 6) is 0.321. The number of aromatic amines is 4. The number of H-pyrrole nitrogens is 4. The van der Waals surface area contributed by atoms with E-state index in [2.05, 4.69) is 83.3 Å². The minimum atomic E-state index is -0.400. The third-order valence-electron chi connectivity index (χ3n) is 22.5. The van der Waals surface area contributed by atoms with Gasteiger partial charge in [-0.05, 0) is 140 Å². The maximum atomic E-state index is 12.7. The van der Waals surface area contributed by atoms with Crippen LogP contribution in [0.15, 0.2) is 123 Å². The first kappa shape index (κ1) is 80.5. The first-order valence-corrected chi connectivity index (χ1v) is 40.3. The van der Waals surface area contributed by atoms with Crippen LogP contribution >= 0.6 is 0 Å². The summed E-state index contributed by atoms with van der Waals surface area (Å²) in [5.41, 5.74) is 10.9. The van der Waals surface area contributed by atoms with Crippen molar-refractivity contribution in [1.29, 1.82) is 15.8 Å². The van der Waals surface area contributed by atoms with Crippen molar-refractivity contribution in [2.24, 2.45) is 23.7 Å². The van der Waals surface area contributed by atoms with Crippen molar-refractivity contribution in [1.82, 2.24) is 79.0 Å². The van der Waals surface area contributed by atoms with Crippen LogP contribution in [-0.4, -0.2) is 135 Å². The summed E-state index contributed by atoms with van der Waals surface area (Å²) in [4.78, 5) is 84.1. The molecule has 0 amide bonds. The van der Waals surface area contributed by atoms with Gasteiger partial charge >= 0.3 is 23.9 Å². The fourth-order valence-corrected chi connectivity index (χ4v) is 17.1. The highest BCUT2D eigenvalue weighted by atomic mass is 16.5. The molecule has 12 heterocycles.